The van der Waals surface area contributed by atoms with E-state index >= 15 is 0 Å². The lowest BCUT2D eigenvalue weighted by atomic mass is 9.92. The van der Waals surface area contributed by atoms with Crippen LogP contribution >= 0.6 is 0 Å². The van der Waals surface area contributed by atoms with Crippen LogP contribution in [-0.2, 0) is 15.4 Å². The summed E-state index contributed by atoms with van der Waals surface area (Å²) < 4.78 is 31.2. The molecule has 27 heavy (non-hydrogen) atoms. The van der Waals surface area contributed by atoms with Gasteiger partial charge in [-0.15, -0.1) is 0 Å². The Labute approximate surface area is 158 Å². The number of anilines is 1. The molecule has 0 fully saturated rings. The van der Waals surface area contributed by atoms with Crippen LogP contribution in [0.1, 0.15) is 46.4 Å². The highest BCUT2D eigenvalue weighted by Crippen LogP contribution is 2.27. The molecule has 3 aromatic heterocycles. The van der Waals surface area contributed by atoms with E-state index < -0.39 is 10.0 Å². The molecule has 9 nitrogen and oxygen atoms in total. The third kappa shape index (κ3) is 4.00. The van der Waals surface area contributed by atoms with Crippen LogP contribution in [0.15, 0.2) is 41.8 Å². The van der Waals surface area contributed by atoms with Crippen molar-refractivity contribution in [2.24, 2.45) is 0 Å². The molecule has 3 aromatic rings. The number of aromatic nitrogens is 6. The monoisotopic (exact) mass is 389 g/mol. The normalized spacial score (nSPS) is 12.5. The maximum atomic E-state index is 12.8. The van der Waals surface area contributed by atoms with Crippen molar-refractivity contribution in [3.63, 3.8) is 0 Å². The molecule has 0 aromatic carbocycles. The topological polar surface area (TPSA) is 108 Å². The van der Waals surface area contributed by atoms with Gasteiger partial charge in [0.1, 0.15) is 10.7 Å². The van der Waals surface area contributed by atoms with Crippen molar-refractivity contribution in [3.05, 3.63) is 42.6 Å². The summed E-state index contributed by atoms with van der Waals surface area (Å²) in [4.78, 5) is 8.43. The van der Waals surface area contributed by atoms with E-state index in [1.807, 2.05) is 34.6 Å². The molecule has 3 heterocycles. The Kier molecular flexibility index (Phi) is 4.77. The number of nitrogens with one attached hydrogen (secondary N) is 1. The Morgan fingerprint density at radius 2 is 1.81 bits per heavy atom. The zero-order chi connectivity index (χ0) is 19.8. The highest BCUT2D eigenvalue weighted by atomic mass is 32.2. The summed E-state index contributed by atoms with van der Waals surface area (Å²) >= 11 is 0. The first kappa shape index (κ1) is 19.0. The minimum absolute atomic E-state index is 0.0599. The molecule has 0 aliphatic heterocycles. The van der Waals surface area contributed by atoms with E-state index in [1.165, 1.54) is 17.1 Å². The van der Waals surface area contributed by atoms with Gasteiger partial charge in [-0.3, -0.25) is 9.40 Å². The van der Waals surface area contributed by atoms with Crippen LogP contribution < -0.4 is 4.72 Å². The molecule has 10 heteroatoms. The molecule has 0 aliphatic carbocycles. The third-order valence-corrected chi connectivity index (χ3v) is 5.18. The van der Waals surface area contributed by atoms with Gasteiger partial charge in [-0.1, -0.05) is 20.8 Å². The molecule has 0 bridgehead atoms. The summed E-state index contributed by atoms with van der Waals surface area (Å²) in [5, 5.41) is 8.61. The van der Waals surface area contributed by atoms with Crippen LogP contribution in [0.4, 0.5) is 5.82 Å². The van der Waals surface area contributed by atoms with Crippen LogP contribution in [0.3, 0.4) is 0 Å². The standard InChI is InChI=1S/C17H23N7O2S/c1-12(2)23-11-13(10-20-23)27(25,26)22-15-9-14(17(3,4)5)21-24(15)16-18-7-6-8-19-16/h6-12,22H,1-5H3. The van der Waals surface area contributed by atoms with E-state index in [0.717, 1.165) is 0 Å². The second kappa shape index (κ2) is 6.76. The van der Waals surface area contributed by atoms with Crippen molar-refractivity contribution in [2.75, 3.05) is 4.72 Å². The number of sulfonamides is 1. The molecule has 1 N–H and O–H groups in total. The zero-order valence-electron chi connectivity index (χ0n) is 15.9. The lowest BCUT2D eigenvalue weighted by molar-refractivity contribution is 0.531. The quantitative estimate of drug-likeness (QED) is 0.718. The Morgan fingerprint density at radius 1 is 1.15 bits per heavy atom. The van der Waals surface area contributed by atoms with Crippen molar-refractivity contribution in [1.82, 2.24) is 29.5 Å². The third-order valence-electron chi connectivity index (χ3n) is 3.88. The van der Waals surface area contributed by atoms with Crippen LogP contribution in [0.2, 0.25) is 0 Å². The van der Waals surface area contributed by atoms with Gasteiger partial charge >= 0.3 is 0 Å². The van der Waals surface area contributed by atoms with Crippen molar-refractivity contribution < 1.29 is 8.42 Å². The van der Waals surface area contributed by atoms with E-state index in [4.69, 9.17) is 0 Å². The van der Waals surface area contributed by atoms with Crippen LogP contribution in [0, 0.1) is 0 Å². The average Bonchev–Trinajstić information content (AvgIpc) is 3.22. The number of rotatable bonds is 5. The van der Waals surface area contributed by atoms with E-state index in [2.05, 4.69) is 24.9 Å². The van der Waals surface area contributed by atoms with Gasteiger partial charge in [0, 0.05) is 36.1 Å². The summed E-state index contributed by atoms with van der Waals surface area (Å²) in [5.74, 6) is 0.548. The Bertz CT molecular complexity index is 1030. The van der Waals surface area contributed by atoms with Crippen molar-refractivity contribution >= 4 is 15.8 Å². The van der Waals surface area contributed by atoms with Gasteiger partial charge in [0.15, 0.2) is 0 Å². The molecular formula is C17H23N7O2S. The minimum atomic E-state index is -3.84. The molecule has 0 radical (unpaired) electrons. The molecule has 0 saturated heterocycles. The second-order valence-corrected chi connectivity index (χ2v) is 9.16. The Hall–Kier alpha value is -2.75. The van der Waals surface area contributed by atoms with E-state index in [-0.39, 0.29) is 28.1 Å². The minimum Gasteiger partial charge on any atom is -0.269 e. The highest BCUT2D eigenvalue weighted by molar-refractivity contribution is 7.92. The maximum Gasteiger partial charge on any atom is 0.266 e. The summed E-state index contributed by atoms with van der Waals surface area (Å²) in [7, 11) is -3.84. The SMILES string of the molecule is CC(C)n1cc(S(=O)(=O)Nc2cc(C(C)(C)C)nn2-c2ncccn2)cn1. The number of hydrogen-bond donors (Lipinski definition) is 1. The molecule has 3 rings (SSSR count). The first-order chi connectivity index (χ1) is 12.6. The predicted octanol–water partition coefficient (Wildman–Crippen LogP) is 2.54. The lowest BCUT2D eigenvalue weighted by Crippen LogP contribution is -2.16. The second-order valence-electron chi connectivity index (χ2n) is 7.48. The molecule has 0 aliphatic rings. The largest absolute Gasteiger partial charge is 0.269 e. The first-order valence-electron chi connectivity index (χ1n) is 8.53. The van der Waals surface area contributed by atoms with E-state index in [9.17, 15) is 8.42 Å². The van der Waals surface area contributed by atoms with Crippen LogP contribution in [0.5, 0.6) is 0 Å². The van der Waals surface area contributed by atoms with Crippen LogP contribution in [-0.4, -0.2) is 37.9 Å². The van der Waals surface area contributed by atoms with Gasteiger partial charge in [-0.05, 0) is 19.9 Å². The van der Waals surface area contributed by atoms with Gasteiger partial charge in [0.2, 0.25) is 0 Å². The Balaban J connectivity index is 2.03. The molecule has 0 atom stereocenters. The van der Waals surface area contributed by atoms with Crippen molar-refractivity contribution in [1.29, 1.82) is 0 Å². The molecule has 0 amide bonds. The van der Waals surface area contributed by atoms with Gasteiger partial charge in [-0.2, -0.15) is 14.9 Å². The highest BCUT2D eigenvalue weighted by Gasteiger charge is 2.25. The first-order valence-corrected chi connectivity index (χ1v) is 10.0. The molecular weight excluding hydrogens is 366 g/mol. The molecule has 0 saturated carbocycles. The fraction of sp³-hybridized carbons (Fsp3) is 0.412. The summed E-state index contributed by atoms with van der Waals surface area (Å²) in [5.41, 5.74) is 0.438. The molecule has 0 spiro atoms. The van der Waals surface area contributed by atoms with Crippen molar-refractivity contribution in [3.8, 4) is 5.95 Å². The smallest absolute Gasteiger partial charge is 0.266 e. The van der Waals surface area contributed by atoms with Gasteiger partial charge in [0.05, 0.1) is 11.9 Å². The summed E-state index contributed by atoms with van der Waals surface area (Å²) in [6, 6.07) is 3.44. The zero-order valence-corrected chi connectivity index (χ0v) is 16.8. The van der Waals surface area contributed by atoms with Gasteiger partial charge < -0.3 is 0 Å². The van der Waals surface area contributed by atoms with Crippen molar-refractivity contribution in [2.45, 2.75) is 51.0 Å². The Morgan fingerprint density at radius 3 is 2.37 bits per heavy atom. The maximum absolute atomic E-state index is 12.8. The predicted molar refractivity (Wildman–Crippen MR) is 101 cm³/mol. The van der Waals surface area contributed by atoms with E-state index in [0.29, 0.717) is 5.69 Å². The van der Waals surface area contributed by atoms with Gasteiger partial charge in [0.25, 0.3) is 16.0 Å². The van der Waals surface area contributed by atoms with Gasteiger partial charge in [-0.25, -0.2) is 18.4 Å². The summed E-state index contributed by atoms with van der Waals surface area (Å²) in [6.45, 7) is 9.84. The summed E-state index contributed by atoms with van der Waals surface area (Å²) in [6.07, 6.45) is 5.97. The lowest BCUT2D eigenvalue weighted by Gasteiger charge is -2.13. The molecule has 144 valence electrons. The fourth-order valence-corrected chi connectivity index (χ4v) is 3.28. The van der Waals surface area contributed by atoms with E-state index in [1.54, 1.807) is 29.2 Å². The van der Waals surface area contributed by atoms with Crippen LogP contribution in [0.25, 0.3) is 5.95 Å². The number of hydrogen-bond acceptors (Lipinski definition) is 6. The fourth-order valence-electron chi connectivity index (χ4n) is 2.31. The number of nitrogens with zero attached hydrogens (tertiary/aromatic N) is 6. The average molecular weight is 389 g/mol. The molecule has 0 unspecified atom stereocenters.